The molecule has 28 heavy (non-hydrogen) atoms. The Kier molecular flexibility index (Phi) is 5.07. The van der Waals surface area contributed by atoms with E-state index in [-0.39, 0.29) is 11.0 Å². The van der Waals surface area contributed by atoms with E-state index in [1.165, 1.54) is 38.5 Å². The van der Waals surface area contributed by atoms with Crippen molar-refractivity contribution in [2.75, 3.05) is 7.11 Å². The minimum Gasteiger partial charge on any atom is -0.401 e. The molecule has 0 N–H and O–H groups in total. The minimum absolute atomic E-state index is 0.141. The van der Waals surface area contributed by atoms with Gasteiger partial charge in [0.25, 0.3) is 0 Å². The van der Waals surface area contributed by atoms with Crippen molar-refractivity contribution >= 4 is 14.0 Å². The van der Waals surface area contributed by atoms with E-state index < -0.39 is 8.32 Å². The molecule has 4 aliphatic carbocycles. The van der Waals surface area contributed by atoms with Gasteiger partial charge in [-0.3, -0.25) is 0 Å². The fourth-order valence-electron chi connectivity index (χ4n) is 7.34. The third-order valence-corrected chi connectivity index (χ3v) is 9.32. The zero-order valence-electron chi connectivity index (χ0n) is 18.4. The first kappa shape index (κ1) is 20.2. The van der Waals surface area contributed by atoms with E-state index in [1.807, 2.05) is 0 Å². The van der Waals surface area contributed by atoms with Gasteiger partial charge in [-0.05, 0) is 101 Å². The molecule has 6 unspecified atom stereocenters. The van der Waals surface area contributed by atoms with Crippen LogP contribution in [0.4, 0.5) is 0 Å². The van der Waals surface area contributed by atoms with Crippen LogP contribution in [0.2, 0.25) is 19.6 Å². The Morgan fingerprint density at radius 1 is 1.11 bits per heavy atom. The molecule has 0 aromatic carbocycles. The molecule has 4 rings (SSSR count). The number of rotatable bonds is 3. The highest BCUT2D eigenvalue weighted by atomic mass is 28.4. The summed E-state index contributed by atoms with van der Waals surface area (Å²) in [4.78, 5) is 5.03. The highest BCUT2D eigenvalue weighted by Crippen LogP contribution is 2.66. The Morgan fingerprint density at radius 2 is 1.89 bits per heavy atom. The lowest BCUT2D eigenvalue weighted by Crippen LogP contribution is -2.56. The molecule has 0 aliphatic heterocycles. The molecule has 0 bridgehead atoms. The second-order valence-corrected chi connectivity index (χ2v) is 15.2. The van der Waals surface area contributed by atoms with Crippen LogP contribution in [-0.4, -0.2) is 26.7 Å². The van der Waals surface area contributed by atoms with Gasteiger partial charge in [-0.1, -0.05) is 23.6 Å². The fraction of sp³-hybridized carbons (Fsp3) is 0.792. The lowest BCUT2D eigenvalue weighted by atomic mass is 9.50. The maximum absolute atomic E-state index is 6.80. The summed E-state index contributed by atoms with van der Waals surface area (Å²) in [5.41, 5.74) is 2.56. The number of terminal acetylenes is 1. The van der Waals surface area contributed by atoms with Crippen LogP contribution >= 0.6 is 0 Å². The molecule has 3 fully saturated rings. The summed E-state index contributed by atoms with van der Waals surface area (Å²) in [6, 6.07) is 0. The largest absolute Gasteiger partial charge is 0.401 e. The Bertz CT molecular complexity index is 730. The van der Waals surface area contributed by atoms with Crippen molar-refractivity contribution in [3.05, 3.63) is 11.6 Å². The first-order chi connectivity index (χ1) is 13.2. The number of oxime groups is 1. The average molecular weight is 400 g/mol. The van der Waals surface area contributed by atoms with Crippen molar-refractivity contribution in [1.29, 1.82) is 0 Å². The Hall–Kier alpha value is -1.05. The molecule has 0 aromatic heterocycles. The van der Waals surface area contributed by atoms with Crippen molar-refractivity contribution in [2.45, 2.75) is 83.5 Å². The smallest absolute Gasteiger partial charge is 0.185 e. The zero-order chi connectivity index (χ0) is 20.2. The van der Waals surface area contributed by atoms with Crippen LogP contribution in [0.3, 0.4) is 0 Å². The van der Waals surface area contributed by atoms with Crippen LogP contribution in [0.5, 0.6) is 0 Å². The third-order valence-electron chi connectivity index (χ3n) is 8.36. The summed E-state index contributed by atoms with van der Waals surface area (Å²) in [6.45, 7) is 9.32. The quantitative estimate of drug-likeness (QED) is 0.342. The molecule has 3 saturated carbocycles. The van der Waals surface area contributed by atoms with Crippen molar-refractivity contribution in [2.24, 2.45) is 34.2 Å². The molecule has 0 amide bonds. The van der Waals surface area contributed by atoms with Gasteiger partial charge in [-0.15, -0.1) is 6.42 Å². The summed E-state index contributed by atoms with van der Waals surface area (Å²) >= 11 is 0. The molecule has 6 atom stereocenters. The maximum atomic E-state index is 6.80. The van der Waals surface area contributed by atoms with Crippen LogP contribution in [0.1, 0.15) is 58.3 Å². The molecule has 0 saturated heterocycles. The molecule has 4 heteroatoms. The van der Waals surface area contributed by atoms with Gasteiger partial charge < -0.3 is 9.26 Å². The molecular weight excluding hydrogens is 362 g/mol. The predicted molar refractivity (Wildman–Crippen MR) is 118 cm³/mol. The Labute approximate surface area is 172 Å². The standard InChI is InChI=1S/C24H37NO2Si/c1-7-24(27-28(4,5)6)15-13-22-21-10-8-17-16-18(25-26-3)9-11-19(17)20(21)12-14-23(22,24)2/h1,16,19-22H,8-15H2,2-6H3/b25-18+. The summed E-state index contributed by atoms with van der Waals surface area (Å²) in [5, 5.41) is 4.21. The van der Waals surface area contributed by atoms with Crippen LogP contribution in [0, 0.1) is 41.4 Å². The second kappa shape index (κ2) is 7.02. The van der Waals surface area contributed by atoms with Gasteiger partial charge in [0.1, 0.15) is 12.7 Å². The minimum atomic E-state index is -1.70. The van der Waals surface area contributed by atoms with E-state index in [0.29, 0.717) is 5.92 Å². The van der Waals surface area contributed by atoms with Gasteiger partial charge in [0, 0.05) is 5.41 Å². The van der Waals surface area contributed by atoms with Gasteiger partial charge in [-0.2, -0.15) is 0 Å². The molecule has 0 aromatic rings. The molecule has 3 nitrogen and oxygen atoms in total. The summed E-state index contributed by atoms with van der Waals surface area (Å²) in [7, 11) is -0.0531. The lowest BCUT2D eigenvalue weighted by Gasteiger charge is -2.56. The van der Waals surface area contributed by atoms with E-state index in [4.69, 9.17) is 15.7 Å². The van der Waals surface area contributed by atoms with Gasteiger partial charge in [0.15, 0.2) is 8.32 Å². The van der Waals surface area contributed by atoms with Crippen molar-refractivity contribution in [1.82, 2.24) is 0 Å². The van der Waals surface area contributed by atoms with Crippen molar-refractivity contribution in [3.8, 4) is 12.3 Å². The fourth-order valence-corrected chi connectivity index (χ4v) is 8.78. The molecule has 4 aliphatic rings. The zero-order valence-corrected chi connectivity index (χ0v) is 19.4. The molecule has 0 heterocycles. The predicted octanol–water partition coefficient (Wildman–Crippen LogP) is 5.79. The first-order valence-electron chi connectivity index (χ1n) is 11.2. The molecule has 0 radical (unpaired) electrons. The van der Waals surface area contributed by atoms with E-state index in [2.05, 4.69) is 43.7 Å². The van der Waals surface area contributed by atoms with E-state index in [9.17, 15) is 0 Å². The van der Waals surface area contributed by atoms with E-state index >= 15 is 0 Å². The lowest BCUT2D eigenvalue weighted by molar-refractivity contribution is -0.0765. The number of hydrogen-bond donors (Lipinski definition) is 0. The topological polar surface area (TPSA) is 30.8 Å². The molecular formula is C24H37NO2Si. The van der Waals surface area contributed by atoms with Crippen LogP contribution in [-0.2, 0) is 9.26 Å². The van der Waals surface area contributed by atoms with Crippen LogP contribution in [0.15, 0.2) is 16.8 Å². The van der Waals surface area contributed by atoms with E-state index in [1.54, 1.807) is 12.7 Å². The van der Waals surface area contributed by atoms with Crippen molar-refractivity contribution in [3.63, 3.8) is 0 Å². The maximum Gasteiger partial charge on any atom is 0.185 e. The SMILES string of the molecule is C#CC1(O[Si](C)(C)C)CCC2C3CCC4=C/C(=N/OC)CCC4C3CCC21C. The first-order valence-corrected chi connectivity index (χ1v) is 14.6. The number of allylic oxidation sites excluding steroid dienone is 2. The summed E-state index contributed by atoms with van der Waals surface area (Å²) < 4.78 is 6.80. The van der Waals surface area contributed by atoms with Crippen LogP contribution in [0.25, 0.3) is 0 Å². The third kappa shape index (κ3) is 3.10. The number of hydrogen-bond acceptors (Lipinski definition) is 3. The van der Waals surface area contributed by atoms with Gasteiger partial charge in [0.05, 0.1) is 5.71 Å². The Morgan fingerprint density at radius 3 is 2.57 bits per heavy atom. The van der Waals surface area contributed by atoms with Crippen molar-refractivity contribution < 1.29 is 9.26 Å². The van der Waals surface area contributed by atoms with E-state index in [0.717, 1.165) is 36.3 Å². The molecule has 154 valence electrons. The van der Waals surface area contributed by atoms with Gasteiger partial charge in [-0.25, -0.2) is 0 Å². The normalized spacial score (nSPS) is 44.1. The van der Waals surface area contributed by atoms with Gasteiger partial charge in [0.2, 0.25) is 0 Å². The summed E-state index contributed by atoms with van der Waals surface area (Å²) in [6.07, 6.45) is 18.2. The highest BCUT2D eigenvalue weighted by molar-refractivity contribution is 6.69. The number of nitrogens with zero attached hydrogens (tertiary/aromatic N) is 1. The molecule has 0 spiro atoms. The highest BCUT2D eigenvalue weighted by Gasteiger charge is 2.63. The Balaban J connectivity index is 1.60. The van der Waals surface area contributed by atoms with Crippen LogP contribution < -0.4 is 0 Å². The second-order valence-electron chi connectivity index (χ2n) is 10.8. The van der Waals surface area contributed by atoms with Gasteiger partial charge >= 0.3 is 0 Å². The average Bonchev–Trinajstić information content (AvgIpc) is 2.93. The summed E-state index contributed by atoms with van der Waals surface area (Å²) in [5.74, 6) is 6.31. The monoisotopic (exact) mass is 399 g/mol. The number of fused-ring (bicyclic) bond motifs is 5.